The fraction of sp³-hybridized carbons (Fsp3) is 0.333. The van der Waals surface area contributed by atoms with E-state index in [1.54, 1.807) is 23.1 Å². The molecule has 0 aliphatic carbocycles. The number of carbonyl (C=O) groups excluding carboxylic acids is 1. The third kappa shape index (κ3) is 4.66. The Kier molecular flexibility index (Phi) is 6.61. The predicted molar refractivity (Wildman–Crippen MR) is 120 cm³/mol. The minimum absolute atomic E-state index is 0.142. The Bertz CT molecular complexity index is 996. The summed E-state index contributed by atoms with van der Waals surface area (Å²) < 4.78 is 1.08. The van der Waals surface area contributed by atoms with Crippen molar-refractivity contribution < 1.29 is 4.79 Å². The van der Waals surface area contributed by atoms with Gasteiger partial charge in [-0.15, -0.1) is 0 Å². The second kappa shape index (κ2) is 8.78. The van der Waals surface area contributed by atoms with Crippen LogP contribution in [0, 0.1) is 13.8 Å². The van der Waals surface area contributed by atoms with Crippen LogP contribution < -0.4 is 4.90 Å². The minimum Gasteiger partial charge on any atom is -0.309 e. The first-order valence-electron chi connectivity index (χ1n) is 9.05. The Morgan fingerprint density at radius 1 is 1.07 bits per heavy atom. The number of aryl methyl sites for hydroxylation is 2. The first kappa shape index (κ1) is 21.1. The van der Waals surface area contributed by atoms with Crippen molar-refractivity contribution >= 4 is 55.8 Å². The Morgan fingerprint density at radius 3 is 2.39 bits per heavy atom. The van der Waals surface area contributed by atoms with Gasteiger partial charge >= 0.3 is 0 Å². The molecule has 3 rings (SSSR count). The number of aromatic nitrogens is 1. The average Bonchev–Trinajstić information content (AvgIpc) is 3.05. The van der Waals surface area contributed by atoms with Gasteiger partial charge in [0.25, 0.3) is 5.91 Å². The van der Waals surface area contributed by atoms with Gasteiger partial charge in [-0.05, 0) is 76.3 Å². The Labute approximate surface area is 179 Å². The quantitative estimate of drug-likeness (QED) is 0.489. The van der Waals surface area contributed by atoms with Crippen molar-refractivity contribution in [3.8, 4) is 0 Å². The summed E-state index contributed by atoms with van der Waals surface area (Å²) in [7, 11) is 4.04. The SMILES string of the molecule is Cc1ccc2sc(N(CCCN(C)C)C(=O)c3cc(Cl)cc(Cl)c3)nc2c1C. The number of hydrogen-bond donors (Lipinski definition) is 0. The van der Waals surface area contributed by atoms with Crippen LogP contribution in [0.15, 0.2) is 30.3 Å². The standard InChI is InChI=1S/C21H23Cl2N3OS/c1-13-6-7-18-19(14(13)2)24-21(28-18)26(9-5-8-25(3)4)20(27)15-10-16(22)12-17(23)11-15/h6-7,10-12H,5,8-9H2,1-4H3. The lowest BCUT2D eigenvalue weighted by Crippen LogP contribution is -2.33. The summed E-state index contributed by atoms with van der Waals surface area (Å²) in [5.41, 5.74) is 3.76. The first-order valence-corrected chi connectivity index (χ1v) is 10.6. The van der Waals surface area contributed by atoms with Gasteiger partial charge in [-0.3, -0.25) is 9.69 Å². The third-order valence-corrected chi connectivity index (χ3v) is 6.13. The Hall–Kier alpha value is -1.66. The van der Waals surface area contributed by atoms with E-state index in [4.69, 9.17) is 28.2 Å². The lowest BCUT2D eigenvalue weighted by molar-refractivity contribution is 0.0986. The number of anilines is 1. The number of hydrogen-bond acceptors (Lipinski definition) is 4. The zero-order valence-corrected chi connectivity index (χ0v) is 18.8. The molecule has 0 aliphatic rings. The van der Waals surface area contributed by atoms with Gasteiger partial charge < -0.3 is 4.90 Å². The summed E-state index contributed by atoms with van der Waals surface area (Å²) >= 11 is 13.8. The second-order valence-electron chi connectivity index (χ2n) is 7.12. The molecule has 0 unspecified atom stereocenters. The fourth-order valence-electron chi connectivity index (χ4n) is 2.99. The van der Waals surface area contributed by atoms with Crippen LogP contribution in [0.5, 0.6) is 0 Å². The highest BCUT2D eigenvalue weighted by Gasteiger charge is 2.22. The zero-order valence-electron chi connectivity index (χ0n) is 16.4. The van der Waals surface area contributed by atoms with Crippen LogP contribution in [0.3, 0.4) is 0 Å². The Morgan fingerprint density at radius 2 is 1.75 bits per heavy atom. The van der Waals surface area contributed by atoms with Gasteiger partial charge in [-0.2, -0.15) is 0 Å². The highest BCUT2D eigenvalue weighted by atomic mass is 35.5. The molecule has 0 spiro atoms. The molecule has 1 amide bonds. The van der Waals surface area contributed by atoms with Gasteiger partial charge in [0, 0.05) is 22.2 Å². The largest absolute Gasteiger partial charge is 0.309 e. The molecule has 0 aliphatic heterocycles. The molecule has 0 saturated heterocycles. The minimum atomic E-state index is -0.142. The number of benzene rings is 2. The van der Waals surface area contributed by atoms with E-state index in [1.165, 1.54) is 16.9 Å². The van der Waals surface area contributed by atoms with E-state index < -0.39 is 0 Å². The predicted octanol–water partition coefficient (Wildman–Crippen LogP) is 5.82. The van der Waals surface area contributed by atoms with Crippen molar-refractivity contribution in [3.63, 3.8) is 0 Å². The number of carbonyl (C=O) groups is 1. The van der Waals surface area contributed by atoms with Gasteiger partial charge in [0.1, 0.15) is 0 Å². The molecule has 148 valence electrons. The summed E-state index contributed by atoms with van der Waals surface area (Å²) in [5.74, 6) is -0.142. The van der Waals surface area contributed by atoms with E-state index in [2.05, 4.69) is 30.9 Å². The molecule has 28 heavy (non-hydrogen) atoms. The number of fused-ring (bicyclic) bond motifs is 1. The number of thiazole rings is 1. The lowest BCUT2D eigenvalue weighted by Gasteiger charge is -2.21. The van der Waals surface area contributed by atoms with E-state index in [1.807, 2.05) is 14.1 Å². The molecular formula is C21H23Cl2N3OS. The highest BCUT2D eigenvalue weighted by molar-refractivity contribution is 7.22. The van der Waals surface area contributed by atoms with Crippen LogP contribution in [-0.2, 0) is 0 Å². The van der Waals surface area contributed by atoms with Crippen molar-refractivity contribution in [1.29, 1.82) is 0 Å². The molecule has 1 aromatic heterocycles. The lowest BCUT2D eigenvalue weighted by atomic mass is 10.1. The molecule has 0 atom stereocenters. The molecule has 0 saturated carbocycles. The van der Waals surface area contributed by atoms with Crippen molar-refractivity contribution in [3.05, 3.63) is 57.1 Å². The number of amides is 1. The van der Waals surface area contributed by atoms with E-state index in [-0.39, 0.29) is 5.91 Å². The van der Waals surface area contributed by atoms with E-state index in [0.29, 0.717) is 27.3 Å². The molecule has 7 heteroatoms. The van der Waals surface area contributed by atoms with Crippen molar-refractivity contribution in [2.45, 2.75) is 20.3 Å². The van der Waals surface area contributed by atoms with Crippen LogP contribution >= 0.6 is 34.5 Å². The third-order valence-electron chi connectivity index (χ3n) is 4.65. The molecule has 0 bridgehead atoms. The summed E-state index contributed by atoms with van der Waals surface area (Å²) in [6, 6.07) is 9.08. The number of rotatable bonds is 6. The van der Waals surface area contributed by atoms with Crippen molar-refractivity contribution in [1.82, 2.24) is 9.88 Å². The number of halogens is 2. The summed E-state index contributed by atoms with van der Waals surface area (Å²) in [5, 5.41) is 1.59. The van der Waals surface area contributed by atoms with E-state index in [0.717, 1.165) is 28.7 Å². The molecular weight excluding hydrogens is 413 g/mol. The maximum absolute atomic E-state index is 13.3. The van der Waals surface area contributed by atoms with Crippen LogP contribution in [0.25, 0.3) is 10.2 Å². The normalized spacial score (nSPS) is 11.4. The highest BCUT2D eigenvalue weighted by Crippen LogP contribution is 2.33. The van der Waals surface area contributed by atoms with Crippen molar-refractivity contribution in [2.24, 2.45) is 0 Å². The Balaban J connectivity index is 2.01. The molecule has 0 radical (unpaired) electrons. The van der Waals surface area contributed by atoms with Crippen LogP contribution in [0.2, 0.25) is 10.0 Å². The molecule has 4 nitrogen and oxygen atoms in total. The maximum Gasteiger partial charge on any atom is 0.260 e. The molecule has 1 heterocycles. The van der Waals surface area contributed by atoms with E-state index in [9.17, 15) is 4.79 Å². The van der Waals surface area contributed by atoms with E-state index >= 15 is 0 Å². The summed E-state index contributed by atoms with van der Waals surface area (Å²) in [4.78, 5) is 22.0. The molecule has 0 fully saturated rings. The van der Waals surface area contributed by atoms with Crippen molar-refractivity contribution in [2.75, 3.05) is 32.1 Å². The van der Waals surface area contributed by atoms with Gasteiger partial charge in [0.05, 0.1) is 10.2 Å². The molecule has 2 aromatic carbocycles. The van der Waals surface area contributed by atoms with Gasteiger partial charge in [-0.25, -0.2) is 4.98 Å². The first-order chi connectivity index (χ1) is 13.3. The second-order valence-corrected chi connectivity index (χ2v) is 9.00. The molecule has 3 aromatic rings. The number of nitrogens with zero attached hydrogens (tertiary/aromatic N) is 3. The average molecular weight is 436 g/mol. The molecule has 0 N–H and O–H groups in total. The topological polar surface area (TPSA) is 36.4 Å². The van der Waals surface area contributed by atoms with Crippen LogP contribution in [0.4, 0.5) is 5.13 Å². The van der Waals surface area contributed by atoms with Gasteiger partial charge in [0.2, 0.25) is 0 Å². The maximum atomic E-state index is 13.3. The zero-order chi connectivity index (χ0) is 20.4. The van der Waals surface area contributed by atoms with Crippen LogP contribution in [-0.4, -0.2) is 43.0 Å². The monoisotopic (exact) mass is 435 g/mol. The summed E-state index contributed by atoms with van der Waals surface area (Å²) in [6.07, 6.45) is 0.834. The smallest absolute Gasteiger partial charge is 0.260 e. The summed E-state index contributed by atoms with van der Waals surface area (Å²) in [6.45, 7) is 5.58. The van der Waals surface area contributed by atoms with Gasteiger partial charge in [0.15, 0.2) is 5.13 Å². The van der Waals surface area contributed by atoms with Gasteiger partial charge in [-0.1, -0.05) is 40.6 Å². The van der Waals surface area contributed by atoms with Crippen LogP contribution in [0.1, 0.15) is 27.9 Å². The fourth-order valence-corrected chi connectivity index (χ4v) is 4.57.